The summed E-state index contributed by atoms with van der Waals surface area (Å²) in [5.74, 6) is 1.44. The number of aryl methyl sites for hydroxylation is 2. The maximum absolute atomic E-state index is 12.6. The Kier molecular flexibility index (Phi) is 8.00. The highest BCUT2D eigenvalue weighted by Crippen LogP contribution is 2.37. The van der Waals surface area contributed by atoms with E-state index in [-0.39, 0.29) is 17.4 Å². The van der Waals surface area contributed by atoms with Gasteiger partial charge in [0.2, 0.25) is 5.95 Å². The molecule has 4 aromatic rings. The maximum atomic E-state index is 12.6. The number of anilines is 1. The minimum atomic E-state index is -0.246. The predicted molar refractivity (Wildman–Crippen MR) is 154 cm³/mol. The summed E-state index contributed by atoms with van der Waals surface area (Å²) in [7, 11) is 0. The molecular weight excluding hydrogens is 472 g/mol. The summed E-state index contributed by atoms with van der Waals surface area (Å²) in [5, 5.41) is 10.2. The molecule has 1 amide bonds. The van der Waals surface area contributed by atoms with Crippen LogP contribution in [0.4, 0.5) is 5.95 Å². The third kappa shape index (κ3) is 6.68. The average molecular weight is 511 g/mol. The van der Waals surface area contributed by atoms with Crippen molar-refractivity contribution >= 4 is 11.9 Å². The topological polar surface area (TPSA) is 79.9 Å². The zero-order valence-corrected chi connectivity index (χ0v) is 23.4. The number of nitrogens with zero attached hydrogens (tertiary/aromatic N) is 2. The van der Waals surface area contributed by atoms with Crippen molar-refractivity contribution in [3.05, 3.63) is 94.8 Å². The summed E-state index contributed by atoms with van der Waals surface area (Å²) in [5.41, 5.74) is 7.81. The zero-order chi connectivity index (χ0) is 27.4. The van der Waals surface area contributed by atoms with Crippen molar-refractivity contribution in [2.45, 2.75) is 66.9 Å². The molecule has 4 rings (SSSR count). The third-order valence-electron chi connectivity index (χ3n) is 6.64. The quantitative estimate of drug-likeness (QED) is 0.251. The van der Waals surface area contributed by atoms with E-state index in [0.29, 0.717) is 17.4 Å². The van der Waals surface area contributed by atoms with Gasteiger partial charge < -0.3 is 9.72 Å². The third-order valence-corrected chi connectivity index (χ3v) is 6.64. The fourth-order valence-electron chi connectivity index (χ4n) is 4.73. The second kappa shape index (κ2) is 11.2. The van der Waals surface area contributed by atoms with Gasteiger partial charge in [-0.25, -0.2) is 0 Å². The summed E-state index contributed by atoms with van der Waals surface area (Å²) in [4.78, 5) is 15.3. The first-order chi connectivity index (χ1) is 18.0. The predicted octanol–water partition coefficient (Wildman–Crippen LogP) is 8.02. The lowest BCUT2D eigenvalue weighted by Crippen LogP contribution is -2.18. The first-order valence-electron chi connectivity index (χ1n) is 13.2. The Morgan fingerprint density at radius 2 is 1.55 bits per heavy atom. The van der Waals surface area contributed by atoms with Gasteiger partial charge in [-0.2, -0.15) is 0 Å². The fraction of sp³-hybridized carbons (Fsp3) is 0.344. The highest BCUT2D eigenvalue weighted by atomic mass is 16.5. The van der Waals surface area contributed by atoms with E-state index < -0.39 is 0 Å². The molecule has 1 aromatic heterocycles. The number of aromatic amines is 1. The molecule has 0 aliphatic carbocycles. The van der Waals surface area contributed by atoms with Gasteiger partial charge in [-0.3, -0.25) is 10.1 Å². The summed E-state index contributed by atoms with van der Waals surface area (Å²) < 4.78 is 6.64. The van der Waals surface area contributed by atoms with Crippen molar-refractivity contribution in [3.8, 4) is 16.9 Å². The standard InChI is InChI=1S/C32H38N4O2/c1-20(2)23-8-12-25(13-9-23)29-21(3)16-27(17-22(29)4)38-28(18-32(5,6)7)24-10-14-26(15-11-24)30(37)35-31-33-19-34-36-31/h8-17,19-20,28H,18H2,1-7H3,(H2,33,34,35,36,37). The summed E-state index contributed by atoms with van der Waals surface area (Å²) in [6.45, 7) is 15.4. The van der Waals surface area contributed by atoms with Gasteiger partial charge in [0.1, 0.15) is 18.2 Å². The number of carbonyl (C=O) groups excluding carboxylic acids is 1. The molecule has 0 aliphatic rings. The molecule has 1 heterocycles. The first kappa shape index (κ1) is 27.1. The van der Waals surface area contributed by atoms with Crippen LogP contribution in [-0.4, -0.2) is 21.1 Å². The van der Waals surface area contributed by atoms with Gasteiger partial charge in [0, 0.05) is 5.56 Å². The van der Waals surface area contributed by atoms with Crippen LogP contribution in [0.3, 0.4) is 0 Å². The molecule has 0 saturated carbocycles. The molecule has 1 atom stereocenters. The highest BCUT2D eigenvalue weighted by molar-refractivity contribution is 6.03. The lowest BCUT2D eigenvalue weighted by atomic mass is 9.86. The fourth-order valence-corrected chi connectivity index (χ4v) is 4.73. The summed E-state index contributed by atoms with van der Waals surface area (Å²) >= 11 is 0. The van der Waals surface area contributed by atoms with Gasteiger partial charge in [-0.15, -0.1) is 10.2 Å². The zero-order valence-electron chi connectivity index (χ0n) is 23.4. The van der Waals surface area contributed by atoms with Gasteiger partial charge in [-0.1, -0.05) is 71.0 Å². The van der Waals surface area contributed by atoms with Crippen LogP contribution < -0.4 is 10.1 Å². The number of hydrogen-bond acceptors (Lipinski definition) is 4. The van der Waals surface area contributed by atoms with Crippen molar-refractivity contribution in [2.75, 3.05) is 5.32 Å². The van der Waals surface area contributed by atoms with E-state index in [9.17, 15) is 4.79 Å². The molecular formula is C32H38N4O2. The molecule has 0 fully saturated rings. The number of amides is 1. The Morgan fingerprint density at radius 3 is 2.08 bits per heavy atom. The van der Waals surface area contributed by atoms with E-state index >= 15 is 0 Å². The second-order valence-corrected chi connectivity index (χ2v) is 11.5. The Balaban J connectivity index is 1.57. The van der Waals surface area contributed by atoms with E-state index in [4.69, 9.17) is 4.74 Å². The molecule has 6 heteroatoms. The molecule has 0 aliphatic heterocycles. The van der Waals surface area contributed by atoms with Gasteiger partial charge in [0.05, 0.1) is 0 Å². The number of aromatic nitrogens is 3. The SMILES string of the molecule is Cc1cc(OC(CC(C)(C)C)c2ccc(C(=O)Nc3nnc[nH]3)cc2)cc(C)c1-c1ccc(C(C)C)cc1. The molecule has 2 N–H and O–H groups in total. The number of nitrogens with one attached hydrogen (secondary N) is 2. The minimum Gasteiger partial charge on any atom is -0.486 e. The van der Waals surface area contributed by atoms with Crippen LogP contribution >= 0.6 is 0 Å². The molecule has 0 spiro atoms. The van der Waals surface area contributed by atoms with Crippen molar-refractivity contribution in [1.82, 2.24) is 15.2 Å². The van der Waals surface area contributed by atoms with Crippen molar-refractivity contribution < 1.29 is 9.53 Å². The number of carbonyl (C=O) groups is 1. The van der Waals surface area contributed by atoms with Crippen LogP contribution in [0.25, 0.3) is 11.1 Å². The van der Waals surface area contributed by atoms with Gasteiger partial charge in [0.15, 0.2) is 0 Å². The summed E-state index contributed by atoms with van der Waals surface area (Å²) in [6.07, 6.45) is 2.09. The average Bonchev–Trinajstić information content (AvgIpc) is 3.36. The van der Waals surface area contributed by atoms with E-state index in [1.807, 2.05) is 24.3 Å². The molecule has 1 unspecified atom stereocenters. The van der Waals surface area contributed by atoms with E-state index in [2.05, 4.69) is 105 Å². The monoisotopic (exact) mass is 510 g/mol. The van der Waals surface area contributed by atoms with Crippen molar-refractivity contribution in [1.29, 1.82) is 0 Å². The molecule has 0 saturated heterocycles. The molecule has 0 radical (unpaired) electrons. The Labute approximate surface area is 225 Å². The van der Waals surface area contributed by atoms with Gasteiger partial charge in [-0.05, 0) is 89.2 Å². The van der Waals surface area contributed by atoms with Gasteiger partial charge in [0.25, 0.3) is 5.91 Å². The Morgan fingerprint density at radius 1 is 0.947 bits per heavy atom. The Hall–Kier alpha value is -3.93. The van der Waals surface area contributed by atoms with Crippen molar-refractivity contribution in [3.63, 3.8) is 0 Å². The molecule has 38 heavy (non-hydrogen) atoms. The van der Waals surface area contributed by atoms with E-state index in [1.165, 1.54) is 34.1 Å². The minimum absolute atomic E-state index is 0.0508. The number of hydrogen-bond donors (Lipinski definition) is 2. The smallest absolute Gasteiger partial charge is 0.258 e. The molecule has 3 aromatic carbocycles. The number of rotatable bonds is 8. The normalized spacial score (nSPS) is 12.4. The Bertz CT molecular complexity index is 1340. The van der Waals surface area contributed by atoms with Crippen LogP contribution in [0.15, 0.2) is 67.0 Å². The lowest BCUT2D eigenvalue weighted by Gasteiger charge is -2.28. The van der Waals surface area contributed by atoms with Gasteiger partial charge >= 0.3 is 0 Å². The summed E-state index contributed by atoms with van der Waals surface area (Å²) in [6, 6.07) is 20.7. The maximum Gasteiger partial charge on any atom is 0.258 e. The number of benzene rings is 3. The van der Waals surface area contributed by atoms with Crippen LogP contribution in [0.5, 0.6) is 5.75 Å². The molecule has 0 bridgehead atoms. The van der Waals surface area contributed by atoms with E-state index in [1.54, 1.807) is 0 Å². The lowest BCUT2D eigenvalue weighted by molar-refractivity contribution is 0.102. The van der Waals surface area contributed by atoms with Crippen LogP contribution in [0.2, 0.25) is 0 Å². The van der Waals surface area contributed by atoms with Crippen LogP contribution in [0, 0.1) is 19.3 Å². The molecule has 198 valence electrons. The second-order valence-electron chi connectivity index (χ2n) is 11.5. The number of ether oxygens (including phenoxy) is 1. The largest absolute Gasteiger partial charge is 0.486 e. The van der Waals surface area contributed by atoms with Crippen molar-refractivity contribution in [2.24, 2.45) is 5.41 Å². The molecule has 6 nitrogen and oxygen atoms in total. The van der Waals surface area contributed by atoms with Crippen LogP contribution in [-0.2, 0) is 0 Å². The highest BCUT2D eigenvalue weighted by Gasteiger charge is 2.23. The van der Waals surface area contributed by atoms with Crippen LogP contribution in [0.1, 0.15) is 85.7 Å². The number of H-pyrrole nitrogens is 1. The first-order valence-corrected chi connectivity index (χ1v) is 13.2. The van der Waals surface area contributed by atoms with E-state index in [0.717, 1.165) is 17.7 Å².